The summed E-state index contributed by atoms with van der Waals surface area (Å²) in [5.74, 6) is 0.702. The van der Waals surface area contributed by atoms with Crippen molar-refractivity contribution in [3.63, 3.8) is 0 Å². The van der Waals surface area contributed by atoms with Crippen LogP contribution in [0.3, 0.4) is 0 Å². The van der Waals surface area contributed by atoms with Crippen molar-refractivity contribution in [2.75, 3.05) is 20.3 Å². The molecule has 5 nitrogen and oxygen atoms in total. The number of carbonyl (C=O) groups is 1. The Bertz CT molecular complexity index is 609. The molecular weight excluding hydrogens is 272 g/mol. The zero-order valence-corrected chi connectivity index (χ0v) is 11.6. The summed E-state index contributed by atoms with van der Waals surface area (Å²) >= 11 is 0. The summed E-state index contributed by atoms with van der Waals surface area (Å²) in [4.78, 5) is 11.0. The predicted molar refractivity (Wildman–Crippen MR) is 77.4 cm³/mol. The maximum absolute atomic E-state index is 11.0. The molecule has 0 saturated carbocycles. The third-order valence-electron chi connectivity index (χ3n) is 2.77. The highest BCUT2D eigenvalue weighted by Gasteiger charge is 2.09. The summed E-state index contributed by atoms with van der Waals surface area (Å²) in [7, 11) is 1.59. The van der Waals surface area contributed by atoms with Gasteiger partial charge in [-0.2, -0.15) is 0 Å². The van der Waals surface area contributed by atoms with Crippen LogP contribution >= 0.6 is 0 Å². The number of rotatable bonds is 7. The molecule has 0 aliphatic rings. The van der Waals surface area contributed by atoms with Gasteiger partial charge in [-0.15, -0.1) is 0 Å². The van der Waals surface area contributed by atoms with Gasteiger partial charge in [0.05, 0.1) is 7.11 Å². The minimum Gasteiger partial charge on any atom is -0.497 e. The van der Waals surface area contributed by atoms with Gasteiger partial charge < -0.3 is 19.3 Å². The van der Waals surface area contributed by atoms with Gasteiger partial charge in [0.1, 0.15) is 36.0 Å². The lowest BCUT2D eigenvalue weighted by molar-refractivity contribution is 0.0691. The second-order valence-corrected chi connectivity index (χ2v) is 4.18. The van der Waals surface area contributed by atoms with Crippen molar-refractivity contribution in [1.82, 2.24) is 0 Å². The van der Waals surface area contributed by atoms with Crippen molar-refractivity contribution in [1.29, 1.82) is 0 Å². The lowest BCUT2D eigenvalue weighted by atomic mass is 10.2. The van der Waals surface area contributed by atoms with E-state index >= 15 is 0 Å². The Morgan fingerprint density at radius 2 is 1.71 bits per heavy atom. The number of hydrogen-bond donors (Lipinski definition) is 1. The van der Waals surface area contributed by atoms with E-state index in [9.17, 15) is 4.79 Å². The first-order valence-electron chi connectivity index (χ1n) is 6.42. The van der Waals surface area contributed by atoms with E-state index in [0.717, 1.165) is 0 Å². The Morgan fingerprint density at radius 1 is 1.00 bits per heavy atom. The summed E-state index contributed by atoms with van der Waals surface area (Å²) in [6.45, 7) is 0.558. The first-order chi connectivity index (χ1) is 10.2. The first kappa shape index (κ1) is 14.7. The predicted octanol–water partition coefficient (Wildman–Crippen LogP) is 2.85. The first-order valence-corrected chi connectivity index (χ1v) is 6.42. The number of ether oxygens (including phenoxy) is 3. The standard InChI is InChI=1S/C16H16O5/c1-19-12-5-4-6-13(11-12)20-9-10-21-15-8-3-2-7-14(15)16(17)18/h2-8,11H,9-10H2,1H3,(H,17,18). The maximum Gasteiger partial charge on any atom is 0.339 e. The highest BCUT2D eigenvalue weighted by Crippen LogP contribution is 2.20. The molecule has 0 spiro atoms. The molecule has 5 heteroatoms. The van der Waals surface area contributed by atoms with Gasteiger partial charge in [-0.1, -0.05) is 18.2 Å². The van der Waals surface area contributed by atoms with Crippen LogP contribution in [0.15, 0.2) is 48.5 Å². The zero-order valence-electron chi connectivity index (χ0n) is 11.6. The third kappa shape index (κ3) is 4.14. The molecule has 0 aliphatic carbocycles. The molecule has 0 heterocycles. The average Bonchev–Trinajstić information content (AvgIpc) is 2.52. The topological polar surface area (TPSA) is 65.0 Å². The van der Waals surface area contributed by atoms with Gasteiger partial charge in [-0.25, -0.2) is 4.79 Å². The van der Waals surface area contributed by atoms with Crippen LogP contribution in [0.4, 0.5) is 0 Å². The summed E-state index contributed by atoms with van der Waals surface area (Å²) in [5, 5.41) is 9.03. The van der Waals surface area contributed by atoms with E-state index in [1.807, 2.05) is 18.2 Å². The van der Waals surface area contributed by atoms with Crippen LogP contribution in [0.1, 0.15) is 10.4 Å². The van der Waals surface area contributed by atoms with Crippen LogP contribution in [0.2, 0.25) is 0 Å². The Kier molecular flexibility index (Phi) is 5.04. The van der Waals surface area contributed by atoms with Crippen molar-refractivity contribution in [3.05, 3.63) is 54.1 Å². The van der Waals surface area contributed by atoms with E-state index in [-0.39, 0.29) is 12.2 Å². The number of benzene rings is 2. The third-order valence-corrected chi connectivity index (χ3v) is 2.77. The lowest BCUT2D eigenvalue weighted by Crippen LogP contribution is -2.11. The minimum absolute atomic E-state index is 0.138. The molecule has 0 bridgehead atoms. The van der Waals surface area contributed by atoms with E-state index in [4.69, 9.17) is 19.3 Å². The Balaban J connectivity index is 1.86. The molecule has 0 radical (unpaired) electrons. The van der Waals surface area contributed by atoms with Crippen LogP contribution < -0.4 is 14.2 Å². The van der Waals surface area contributed by atoms with Gasteiger partial charge in [-0.3, -0.25) is 0 Å². The van der Waals surface area contributed by atoms with Crippen molar-refractivity contribution in [2.45, 2.75) is 0 Å². The largest absolute Gasteiger partial charge is 0.497 e. The molecule has 0 atom stereocenters. The molecule has 1 N–H and O–H groups in total. The number of aromatic carboxylic acids is 1. The molecule has 2 rings (SSSR count). The van der Waals surface area contributed by atoms with Gasteiger partial charge in [-0.05, 0) is 24.3 Å². The number of para-hydroxylation sites is 1. The number of hydrogen-bond acceptors (Lipinski definition) is 4. The summed E-state index contributed by atoms with van der Waals surface area (Å²) in [6, 6.07) is 13.7. The van der Waals surface area contributed by atoms with Crippen molar-refractivity contribution in [2.24, 2.45) is 0 Å². The van der Waals surface area contributed by atoms with Gasteiger partial charge in [0.2, 0.25) is 0 Å². The Hall–Kier alpha value is -2.69. The van der Waals surface area contributed by atoms with Crippen LogP contribution in [0, 0.1) is 0 Å². The SMILES string of the molecule is COc1cccc(OCCOc2ccccc2C(=O)O)c1. The van der Waals surface area contributed by atoms with E-state index in [1.165, 1.54) is 6.07 Å². The number of carboxylic acids is 1. The fourth-order valence-corrected chi connectivity index (χ4v) is 1.77. The molecule has 2 aromatic rings. The van der Waals surface area contributed by atoms with E-state index in [1.54, 1.807) is 31.4 Å². The van der Waals surface area contributed by atoms with Gasteiger partial charge in [0.15, 0.2) is 0 Å². The van der Waals surface area contributed by atoms with Crippen LogP contribution in [-0.2, 0) is 0 Å². The highest BCUT2D eigenvalue weighted by molar-refractivity contribution is 5.90. The Morgan fingerprint density at radius 3 is 2.48 bits per heavy atom. The molecule has 110 valence electrons. The molecular formula is C16H16O5. The molecule has 0 saturated heterocycles. The van der Waals surface area contributed by atoms with Gasteiger partial charge in [0, 0.05) is 6.07 Å². The lowest BCUT2D eigenvalue weighted by Gasteiger charge is -2.10. The zero-order chi connectivity index (χ0) is 15.1. The highest BCUT2D eigenvalue weighted by atomic mass is 16.5. The Labute approximate surface area is 122 Å². The summed E-state index contributed by atoms with van der Waals surface area (Å²) in [5.41, 5.74) is 0.138. The van der Waals surface area contributed by atoms with Gasteiger partial charge in [0.25, 0.3) is 0 Å². The molecule has 0 fully saturated rings. The summed E-state index contributed by atoms with van der Waals surface area (Å²) in [6.07, 6.45) is 0. The second-order valence-electron chi connectivity index (χ2n) is 4.18. The fraction of sp³-hybridized carbons (Fsp3) is 0.188. The van der Waals surface area contributed by atoms with Crippen LogP contribution in [0.5, 0.6) is 17.2 Å². The van der Waals surface area contributed by atoms with E-state index in [0.29, 0.717) is 23.9 Å². The second kappa shape index (κ2) is 7.19. The molecule has 0 aliphatic heterocycles. The summed E-state index contributed by atoms with van der Waals surface area (Å²) < 4.78 is 16.1. The smallest absolute Gasteiger partial charge is 0.339 e. The van der Waals surface area contributed by atoms with Crippen LogP contribution in [-0.4, -0.2) is 31.4 Å². The van der Waals surface area contributed by atoms with Crippen molar-refractivity contribution in [3.8, 4) is 17.2 Å². The average molecular weight is 288 g/mol. The van der Waals surface area contributed by atoms with Crippen molar-refractivity contribution >= 4 is 5.97 Å². The molecule has 21 heavy (non-hydrogen) atoms. The van der Waals surface area contributed by atoms with E-state index in [2.05, 4.69) is 0 Å². The number of carboxylic acid groups (broad SMARTS) is 1. The normalized spacial score (nSPS) is 9.95. The van der Waals surface area contributed by atoms with E-state index < -0.39 is 5.97 Å². The molecule has 2 aromatic carbocycles. The maximum atomic E-state index is 11.0. The molecule has 0 amide bonds. The molecule has 0 aromatic heterocycles. The quantitative estimate of drug-likeness (QED) is 0.794. The molecule has 0 unspecified atom stereocenters. The van der Waals surface area contributed by atoms with Gasteiger partial charge >= 0.3 is 5.97 Å². The number of methoxy groups -OCH3 is 1. The fourth-order valence-electron chi connectivity index (χ4n) is 1.77. The monoisotopic (exact) mass is 288 g/mol. The van der Waals surface area contributed by atoms with Crippen LogP contribution in [0.25, 0.3) is 0 Å². The van der Waals surface area contributed by atoms with Crippen molar-refractivity contribution < 1.29 is 24.1 Å². The minimum atomic E-state index is -1.01.